The molecule has 1 heterocycles. The van der Waals surface area contributed by atoms with Crippen molar-refractivity contribution in [3.63, 3.8) is 0 Å². The van der Waals surface area contributed by atoms with Gasteiger partial charge < -0.3 is 10.2 Å². The number of rotatable bonds is 4. The van der Waals surface area contributed by atoms with Crippen molar-refractivity contribution in [1.29, 1.82) is 0 Å². The average Bonchev–Trinajstić information content (AvgIpc) is 2.20. The van der Waals surface area contributed by atoms with Crippen LogP contribution in [0.2, 0.25) is 0 Å². The second-order valence-corrected chi connectivity index (χ2v) is 6.41. The van der Waals surface area contributed by atoms with Crippen molar-refractivity contribution in [2.75, 3.05) is 26.2 Å². The van der Waals surface area contributed by atoms with Crippen LogP contribution in [0.5, 0.6) is 0 Å². The Balaban J connectivity index is 1.76. The molecule has 0 aromatic rings. The molecule has 0 amide bonds. The van der Waals surface area contributed by atoms with Crippen LogP contribution in [-0.4, -0.2) is 37.1 Å². The van der Waals surface area contributed by atoms with Crippen LogP contribution in [-0.2, 0) is 0 Å². The molecule has 1 saturated heterocycles. The molecule has 2 rings (SSSR count). The van der Waals surface area contributed by atoms with Crippen molar-refractivity contribution >= 4 is 0 Å². The molecule has 1 N–H and O–H groups in total. The largest absolute Gasteiger partial charge is 0.317 e. The number of nitrogens with zero attached hydrogens (tertiary/aromatic N) is 1. The van der Waals surface area contributed by atoms with Crippen LogP contribution in [0.3, 0.4) is 0 Å². The van der Waals surface area contributed by atoms with Gasteiger partial charge in [0.2, 0.25) is 0 Å². The summed E-state index contributed by atoms with van der Waals surface area (Å²) in [7, 11) is 0. The molecule has 2 aliphatic rings. The van der Waals surface area contributed by atoms with E-state index in [4.69, 9.17) is 0 Å². The molecule has 16 heavy (non-hydrogen) atoms. The third-order valence-corrected chi connectivity index (χ3v) is 4.65. The molecule has 0 radical (unpaired) electrons. The van der Waals surface area contributed by atoms with Gasteiger partial charge in [0.15, 0.2) is 0 Å². The van der Waals surface area contributed by atoms with Crippen LogP contribution in [0.15, 0.2) is 0 Å². The van der Waals surface area contributed by atoms with E-state index < -0.39 is 0 Å². The van der Waals surface area contributed by atoms with E-state index in [0.29, 0.717) is 5.41 Å². The van der Waals surface area contributed by atoms with Crippen molar-refractivity contribution < 1.29 is 0 Å². The van der Waals surface area contributed by atoms with Gasteiger partial charge in [-0.05, 0) is 63.2 Å². The van der Waals surface area contributed by atoms with Crippen LogP contribution in [0.4, 0.5) is 0 Å². The van der Waals surface area contributed by atoms with Crippen molar-refractivity contribution in [3.8, 4) is 0 Å². The molecule has 0 aromatic carbocycles. The number of likely N-dealkylation sites (tertiary alicyclic amines) is 1. The standard InChI is InChI=1S/C14H28N2/c1-4-15-11-12-5-6-13(12)16-9-7-14(2,3)8-10-16/h12-13,15H,4-11H2,1-3H3. The second-order valence-electron chi connectivity index (χ2n) is 6.41. The van der Waals surface area contributed by atoms with Crippen LogP contribution >= 0.6 is 0 Å². The lowest BCUT2D eigenvalue weighted by Gasteiger charge is -2.48. The van der Waals surface area contributed by atoms with Crippen molar-refractivity contribution in [3.05, 3.63) is 0 Å². The highest BCUT2D eigenvalue weighted by atomic mass is 15.2. The lowest BCUT2D eigenvalue weighted by atomic mass is 9.75. The minimum absolute atomic E-state index is 0.595. The Morgan fingerprint density at radius 3 is 2.38 bits per heavy atom. The van der Waals surface area contributed by atoms with Gasteiger partial charge in [-0.15, -0.1) is 0 Å². The average molecular weight is 224 g/mol. The van der Waals surface area contributed by atoms with Crippen LogP contribution in [0, 0.1) is 11.3 Å². The van der Waals surface area contributed by atoms with E-state index in [1.165, 1.54) is 45.3 Å². The Hall–Kier alpha value is -0.0800. The quantitative estimate of drug-likeness (QED) is 0.789. The number of hydrogen-bond acceptors (Lipinski definition) is 2. The highest BCUT2D eigenvalue weighted by Gasteiger charge is 2.37. The number of nitrogens with one attached hydrogen (secondary N) is 1. The van der Waals surface area contributed by atoms with Gasteiger partial charge in [0.25, 0.3) is 0 Å². The van der Waals surface area contributed by atoms with Gasteiger partial charge in [-0.3, -0.25) is 0 Å². The van der Waals surface area contributed by atoms with Gasteiger partial charge in [-0.2, -0.15) is 0 Å². The molecule has 1 aliphatic carbocycles. The lowest BCUT2D eigenvalue weighted by Crippen LogP contribution is -2.53. The first-order chi connectivity index (χ1) is 7.62. The van der Waals surface area contributed by atoms with E-state index in [0.717, 1.165) is 18.5 Å². The second kappa shape index (κ2) is 5.05. The maximum Gasteiger partial charge on any atom is 0.0136 e. The third kappa shape index (κ3) is 2.78. The van der Waals surface area contributed by atoms with E-state index in [2.05, 4.69) is 31.0 Å². The highest BCUT2D eigenvalue weighted by Crippen LogP contribution is 2.37. The molecule has 2 unspecified atom stereocenters. The zero-order valence-corrected chi connectivity index (χ0v) is 11.3. The Kier molecular flexibility index (Phi) is 3.91. The van der Waals surface area contributed by atoms with Gasteiger partial charge in [-0.1, -0.05) is 20.8 Å². The molecule has 2 atom stereocenters. The molecule has 2 heteroatoms. The first kappa shape index (κ1) is 12.4. The molecular weight excluding hydrogens is 196 g/mol. The summed E-state index contributed by atoms with van der Waals surface area (Å²) in [6.45, 7) is 12.1. The summed E-state index contributed by atoms with van der Waals surface area (Å²) in [4.78, 5) is 2.76. The van der Waals surface area contributed by atoms with E-state index in [1.54, 1.807) is 0 Å². The summed E-state index contributed by atoms with van der Waals surface area (Å²) in [6.07, 6.45) is 5.66. The number of hydrogen-bond donors (Lipinski definition) is 1. The smallest absolute Gasteiger partial charge is 0.0136 e. The van der Waals surface area contributed by atoms with Crippen molar-refractivity contribution in [2.24, 2.45) is 11.3 Å². The molecule has 2 fully saturated rings. The van der Waals surface area contributed by atoms with Crippen LogP contribution < -0.4 is 5.32 Å². The van der Waals surface area contributed by atoms with E-state index >= 15 is 0 Å². The zero-order valence-electron chi connectivity index (χ0n) is 11.3. The molecule has 2 nitrogen and oxygen atoms in total. The summed E-state index contributed by atoms with van der Waals surface area (Å²) in [5.74, 6) is 0.932. The van der Waals surface area contributed by atoms with E-state index in [1.807, 2.05) is 0 Å². The summed E-state index contributed by atoms with van der Waals surface area (Å²) in [6, 6.07) is 0.898. The molecule has 1 aliphatic heterocycles. The minimum Gasteiger partial charge on any atom is -0.317 e. The van der Waals surface area contributed by atoms with Gasteiger partial charge in [0.05, 0.1) is 0 Å². The maximum absolute atomic E-state index is 3.51. The summed E-state index contributed by atoms with van der Waals surface area (Å²) in [5, 5.41) is 3.51. The summed E-state index contributed by atoms with van der Waals surface area (Å²) in [5.41, 5.74) is 0.595. The monoisotopic (exact) mass is 224 g/mol. The van der Waals surface area contributed by atoms with Crippen LogP contribution in [0.1, 0.15) is 46.5 Å². The van der Waals surface area contributed by atoms with E-state index in [9.17, 15) is 0 Å². The minimum atomic E-state index is 0.595. The lowest BCUT2D eigenvalue weighted by molar-refractivity contribution is 0.0180. The fourth-order valence-electron chi connectivity index (χ4n) is 3.06. The Morgan fingerprint density at radius 2 is 1.88 bits per heavy atom. The van der Waals surface area contributed by atoms with Gasteiger partial charge in [0.1, 0.15) is 0 Å². The van der Waals surface area contributed by atoms with Crippen molar-refractivity contribution in [1.82, 2.24) is 10.2 Å². The molecule has 0 aromatic heterocycles. The summed E-state index contributed by atoms with van der Waals surface area (Å²) >= 11 is 0. The number of piperidine rings is 1. The predicted octanol–water partition coefficient (Wildman–Crippen LogP) is 2.50. The fourth-order valence-corrected chi connectivity index (χ4v) is 3.06. The Bertz CT molecular complexity index is 215. The van der Waals surface area contributed by atoms with E-state index in [-0.39, 0.29) is 0 Å². The topological polar surface area (TPSA) is 15.3 Å². The van der Waals surface area contributed by atoms with Gasteiger partial charge in [0, 0.05) is 6.04 Å². The molecule has 0 spiro atoms. The van der Waals surface area contributed by atoms with Crippen LogP contribution in [0.25, 0.3) is 0 Å². The zero-order chi connectivity index (χ0) is 11.6. The third-order valence-electron chi connectivity index (χ3n) is 4.65. The normalized spacial score (nSPS) is 34.7. The molecule has 1 saturated carbocycles. The fraction of sp³-hybridized carbons (Fsp3) is 1.00. The first-order valence-corrected chi connectivity index (χ1v) is 7.07. The maximum atomic E-state index is 3.51. The van der Waals surface area contributed by atoms with Gasteiger partial charge >= 0.3 is 0 Å². The Labute approximate surface area is 101 Å². The Morgan fingerprint density at radius 1 is 1.19 bits per heavy atom. The molecule has 0 bridgehead atoms. The van der Waals surface area contributed by atoms with Gasteiger partial charge in [-0.25, -0.2) is 0 Å². The van der Waals surface area contributed by atoms with Crippen molar-refractivity contribution in [2.45, 2.75) is 52.5 Å². The first-order valence-electron chi connectivity index (χ1n) is 7.07. The molecule has 94 valence electrons. The molecular formula is C14H28N2. The SMILES string of the molecule is CCNCC1CCC1N1CCC(C)(C)CC1. The predicted molar refractivity (Wildman–Crippen MR) is 69.6 cm³/mol. The summed E-state index contributed by atoms with van der Waals surface area (Å²) < 4.78 is 0. The highest BCUT2D eigenvalue weighted by molar-refractivity contribution is 4.92.